The molecule has 2 aliphatic heterocycles. The molecular formula is C19H20N4O2S. The minimum absolute atomic E-state index is 0.202. The van der Waals surface area contributed by atoms with Crippen molar-refractivity contribution in [3.8, 4) is 0 Å². The molecule has 0 radical (unpaired) electrons. The molecule has 4 rings (SSSR count). The van der Waals surface area contributed by atoms with Crippen molar-refractivity contribution in [2.75, 3.05) is 33.2 Å². The molecule has 26 heavy (non-hydrogen) atoms. The monoisotopic (exact) mass is 368 g/mol. The second-order valence-corrected chi connectivity index (χ2v) is 7.50. The van der Waals surface area contributed by atoms with Gasteiger partial charge in [0.25, 0.3) is 11.8 Å². The van der Waals surface area contributed by atoms with Crippen molar-refractivity contribution in [1.82, 2.24) is 19.7 Å². The van der Waals surface area contributed by atoms with Gasteiger partial charge in [0.1, 0.15) is 5.70 Å². The average molecular weight is 368 g/mol. The highest BCUT2D eigenvalue weighted by molar-refractivity contribution is 7.11. The number of imide groups is 1. The van der Waals surface area contributed by atoms with Gasteiger partial charge < -0.3 is 9.80 Å². The number of nitrogens with zero attached hydrogens (tertiary/aromatic N) is 4. The number of likely N-dealkylation sites (N-methyl/N-ethyl adjacent to an activating group) is 1. The van der Waals surface area contributed by atoms with Crippen molar-refractivity contribution in [2.24, 2.45) is 0 Å². The molecule has 4 heterocycles. The maximum absolute atomic E-state index is 13.2. The Kier molecular flexibility index (Phi) is 4.57. The predicted molar refractivity (Wildman–Crippen MR) is 100 cm³/mol. The summed E-state index contributed by atoms with van der Waals surface area (Å²) in [5, 5.41) is 1.94. The predicted octanol–water partition coefficient (Wildman–Crippen LogP) is 1.67. The molecule has 2 amide bonds. The normalized spacial score (nSPS) is 19.0. The Bertz CT molecular complexity index is 840. The standard InChI is InChI=1S/C19H20N4O2S/c1-21-7-9-22(10-8-21)17-16(15-5-3-11-26-15)18(24)23(19(17)25)13-14-4-2-6-20-12-14/h2-6,11-12H,7-10,13H2,1H3. The van der Waals surface area contributed by atoms with Gasteiger partial charge in [0, 0.05) is 43.4 Å². The van der Waals surface area contributed by atoms with Gasteiger partial charge in [-0.05, 0) is 30.1 Å². The summed E-state index contributed by atoms with van der Waals surface area (Å²) in [6.07, 6.45) is 3.38. The number of aromatic nitrogens is 1. The fraction of sp³-hybridized carbons (Fsp3) is 0.316. The minimum atomic E-state index is -0.213. The van der Waals surface area contributed by atoms with Gasteiger partial charge in [-0.25, -0.2) is 0 Å². The van der Waals surface area contributed by atoms with Crippen molar-refractivity contribution in [2.45, 2.75) is 6.54 Å². The fourth-order valence-electron chi connectivity index (χ4n) is 3.35. The van der Waals surface area contributed by atoms with E-state index >= 15 is 0 Å². The molecule has 0 bridgehead atoms. The quantitative estimate of drug-likeness (QED) is 0.769. The van der Waals surface area contributed by atoms with Crippen LogP contribution in [0.3, 0.4) is 0 Å². The Morgan fingerprint density at radius 1 is 1.08 bits per heavy atom. The van der Waals surface area contributed by atoms with E-state index in [2.05, 4.69) is 21.8 Å². The van der Waals surface area contributed by atoms with E-state index in [0.717, 1.165) is 36.6 Å². The van der Waals surface area contributed by atoms with Crippen molar-refractivity contribution < 1.29 is 9.59 Å². The lowest BCUT2D eigenvalue weighted by atomic mass is 10.1. The average Bonchev–Trinajstić information content (AvgIpc) is 3.26. The van der Waals surface area contributed by atoms with Gasteiger partial charge in [0.15, 0.2) is 0 Å². The number of hydrogen-bond donors (Lipinski definition) is 0. The topological polar surface area (TPSA) is 56.8 Å². The number of rotatable bonds is 4. The Hall–Kier alpha value is -2.51. The zero-order valence-electron chi connectivity index (χ0n) is 14.6. The first-order chi connectivity index (χ1) is 12.6. The molecule has 1 fully saturated rings. The lowest BCUT2D eigenvalue weighted by Gasteiger charge is -2.34. The Morgan fingerprint density at radius 2 is 1.88 bits per heavy atom. The van der Waals surface area contributed by atoms with Gasteiger partial charge in [-0.1, -0.05) is 12.1 Å². The SMILES string of the molecule is CN1CCN(C2=C(c3cccs3)C(=O)N(Cc3cccnc3)C2=O)CC1. The van der Waals surface area contributed by atoms with Crippen molar-refractivity contribution >= 4 is 28.7 Å². The fourth-order valence-corrected chi connectivity index (χ4v) is 4.11. The number of thiophene rings is 1. The van der Waals surface area contributed by atoms with E-state index in [0.29, 0.717) is 11.3 Å². The van der Waals surface area contributed by atoms with Crippen LogP contribution in [0.25, 0.3) is 5.57 Å². The maximum Gasteiger partial charge on any atom is 0.278 e. The van der Waals surface area contributed by atoms with E-state index in [9.17, 15) is 9.59 Å². The van der Waals surface area contributed by atoms with Crippen LogP contribution in [-0.4, -0.2) is 64.7 Å². The summed E-state index contributed by atoms with van der Waals surface area (Å²) in [5.74, 6) is -0.415. The van der Waals surface area contributed by atoms with Crippen LogP contribution >= 0.6 is 11.3 Å². The van der Waals surface area contributed by atoms with Crippen LogP contribution in [0.5, 0.6) is 0 Å². The summed E-state index contributed by atoms with van der Waals surface area (Å²) in [5.41, 5.74) is 1.94. The smallest absolute Gasteiger partial charge is 0.278 e. The molecule has 0 aliphatic carbocycles. The van der Waals surface area contributed by atoms with Crippen molar-refractivity contribution in [3.05, 3.63) is 58.2 Å². The molecule has 2 aliphatic rings. The minimum Gasteiger partial charge on any atom is -0.364 e. The third-order valence-electron chi connectivity index (χ3n) is 4.79. The summed E-state index contributed by atoms with van der Waals surface area (Å²) in [6, 6.07) is 7.52. The van der Waals surface area contributed by atoms with Crippen LogP contribution in [0.15, 0.2) is 47.7 Å². The molecule has 1 saturated heterocycles. The highest BCUT2D eigenvalue weighted by Crippen LogP contribution is 2.34. The van der Waals surface area contributed by atoms with E-state index in [1.54, 1.807) is 12.4 Å². The third-order valence-corrected chi connectivity index (χ3v) is 5.68. The summed E-state index contributed by atoms with van der Waals surface area (Å²) in [7, 11) is 2.07. The number of pyridine rings is 1. The lowest BCUT2D eigenvalue weighted by Crippen LogP contribution is -2.46. The summed E-state index contributed by atoms with van der Waals surface area (Å²) in [6.45, 7) is 3.51. The highest BCUT2D eigenvalue weighted by Gasteiger charge is 2.42. The van der Waals surface area contributed by atoms with Gasteiger partial charge in [-0.3, -0.25) is 19.5 Å². The van der Waals surface area contributed by atoms with Gasteiger partial charge in [-0.2, -0.15) is 0 Å². The summed E-state index contributed by atoms with van der Waals surface area (Å²) in [4.78, 5) is 36.9. The number of hydrogen-bond acceptors (Lipinski definition) is 6. The number of piperazine rings is 1. The highest BCUT2D eigenvalue weighted by atomic mass is 32.1. The molecule has 0 unspecified atom stereocenters. The summed E-state index contributed by atoms with van der Waals surface area (Å²) >= 11 is 1.50. The molecule has 0 atom stereocenters. The zero-order chi connectivity index (χ0) is 18.1. The van der Waals surface area contributed by atoms with Crippen LogP contribution in [0.1, 0.15) is 10.4 Å². The van der Waals surface area contributed by atoms with E-state index in [-0.39, 0.29) is 18.4 Å². The van der Waals surface area contributed by atoms with Gasteiger partial charge in [0.2, 0.25) is 0 Å². The second-order valence-electron chi connectivity index (χ2n) is 6.55. The van der Waals surface area contributed by atoms with Crippen LogP contribution in [-0.2, 0) is 16.1 Å². The van der Waals surface area contributed by atoms with Crippen LogP contribution in [0, 0.1) is 0 Å². The van der Waals surface area contributed by atoms with E-state index in [1.165, 1.54) is 16.2 Å². The van der Waals surface area contributed by atoms with Crippen molar-refractivity contribution in [1.29, 1.82) is 0 Å². The number of carbonyl (C=O) groups is 2. The molecule has 7 heteroatoms. The van der Waals surface area contributed by atoms with E-state index in [4.69, 9.17) is 0 Å². The first-order valence-corrected chi connectivity index (χ1v) is 9.50. The largest absolute Gasteiger partial charge is 0.364 e. The van der Waals surface area contributed by atoms with E-state index in [1.807, 2.05) is 29.6 Å². The van der Waals surface area contributed by atoms with Crippen LogP contribution in [0.2, 0.25) is 0 Å². The third kappa shape index (κ3) is 3.04. The molecule has 2 aromatic rings. The molecule has 134 valence electrons. The number of amides is 2. The van der Waals surface area contributed by atoms with Crippen LogP contribution < -0.4 is 0 Å². The Morgan fingerprint density at radius 3 is 2.54 bits per heavy atom. The molecule has 0 N–H and O–H groups in total. The Balaban J connectivity index is 1.69. The first-order valence-electron chi connectivity index (χ1n) is 8.62. The Labute approximate surface area is 156 Å². The first kappa shape index (κ1) is 16.9. The molecule has 0 saturated carbocycles. The molecule has 0 spiro atoms. The molecule has 2 aromatic heterocycles. The van der Waals surface area contributed by atoms with Gasteiger partial charge >= 0.3 is 0 Å². The lowest BCUT2D eigenvalue weighted by molar-refractivity contribution is -0.138. The summed E-state index contributed by atoms with van der Waals surface area (Å²) < 4.78 is 0. The second kappa shape index (κ2) is 7.01. The molecule has 6 nitrogen and oxygen atoms in total. The van der Waals surface area contributed by atoms with Crippen molar-refractivity contribution in [3.63, 3.8) is 0 Å². The van der Waals surface area contributed by atoms with Gasteiger partial charge in [0.05, 0.1) is 12.1 Å². The maximum atomic E-state index is 13.2. The van der Waals surface area contributed by atoms with E-state index < -0.39 is 0 Å². The molecular weight excluding hydrogens is 348 g/mol. The van der Waals surface area contributed by atoms with Crippen LogP contribution in [0.4, 0.5) is 0 Å². The zero-order valence-corrected chi connectivity index (χ0v) is 15.4. The molecule has 0 aromatic carbocycles. The number of carbonyl (C=O) groups excluding carboxylic acids is 2. The van der Waals surface area contributed by atoms with Gasteiger partial charge in [-0.15, -0.1) is 11.3 Å².